The molecule has 90 valence electrons. The first-order valence-electron chi connectivity index (χ1n) is 5.29. The lowest BCUT2D eigenvalue weighted by Gasteiger charge is -2.15. The highest BCUT2D eigenvalue weighted by atomic mass is 79.9. The van der Waals surface area contributed by atoms with Crippen LogP contribution in [0, 0.1) is 0 Å². The van der Waals surface area contributed by atoms with Gasteiger partial charge in [0.05, 0.1) is 0 Å². The number of thiophene rings is 1. The molecule has 1 aromatic carbocycles. The van der Waals surface area contributed by atoms with Gasteiger partial charge in [0, 0.05) is 32.8 Å². The number of hydrogen-bond donors (Lipinski definition) is 0. The lowest BCUT2D eigenvalue weighted by atomic mass is 10.2. The Labute approximate surface area is 119 Å². The molecule has 0 spiro atoms. The van der Waals surface area contributed by atoms with Crippen molar-refractivity contribution in [2.75, 3.05) is 7.05 Å². The number of benzene rings is 1. The van der Waals surface area contributed by atoms with Crippen LogP contribution in [-0.2, 0) is 13.1 Å². The van der Waals surface area contributed by atoms with Gasteiger partial charge in [0.15, 0.2) is 0 Å². The van der Waals surface area contributed by atoms with Gasteiger partial charge in [-0.15, -0.1) is 11.3 Å². The maximum atomic E-state index is 5.97. The van der Waals surface area contributed by atoms with Crippen LogP contribution in [0.2, 0.25) is 5.02 Å². The molecule has 1 aromatic heterocycles. The van der Waals surface area contributed by atoms with Crippen molar-refractivity contribution in [3.05, 3.63) is 55.6 Å². The van der Waals surface area contributed by atoms with Crippen molar-refractivity contribution < 1.29 is 0 Å². The Kier molecular flexibility index (Phi) is 4.62. The van der Waals surface area contributed by atoms with Crippen LogP contribution >= 0.6 is 38.9 Å². The summed E-state index contributed by atoms with van der Waals surface area (Å²) in [4.78, 5) is 3.64. The largest absolute Gasteiger partial charge is 0.297 e. The van der Waals surface area contributed by atoms with E-state index < -0.39 is 0 Å². The summed E-state index contributed by atoms with van der Waals surface area (Å²) in [5, 5.41) is 2.91. The molecule has 1 heterocycles. The zero-order valence-electron chi connectivity index (χ0n) is 9.49. The third-order valence-corrected chi connectivity index (χ3v) is 4.31. The summed E-state index contributed by atoms with van der Waals surface area (Å²) in [7, 11) is 2.12. The Balaban J connectivity index is 1.95. The number of rotatable bonds is 4. The molecular formula is C13H13BrClNS. The summed E-state index contributed by atoms with van der Waals surface area (Å²) < 4.78 is 1.16. The molecule has 0 aliphatic carbocycles. The highest BCUT2D eigenvalue weighted by Gasteiger charge is 2.04. The summed E-state index contributed by atoms with van der Waals surface area (Å²) >= 11 is 11.2. The molecule has 0 aliphatic rings. The van der Waals surface area contributed by atoms with Crippen LogP contribution in [0.25, 0.3) is 0 Å². The Hall–Kier alpha value is -0.350. The van der Waals surface area contributed by atoms with Gasteiger partial charge in [0.1, 0.15) is 0 Å². The minimum absolute atomic E-state index is 0.801. The number of hydrogen-bond acceptors (Lipinski definition) is 2. The fraction of sp³-hybridized carbons (Fsp3) is 0.231. The van der Waals surface area contributed by atoms with Crippen molar-refractivity contribution in [2.45, 2.75) is 13.1 Å². The molecule has 0 unspecified atom stereocenters. The third kappa shape index (κ3) is 4.11. The molecule has 0 radical (unpaired) electrons. The fourth-order valence-corrected chi connectivity index (χ4v) is 3.45. The summed E-state index contributed by atoms with van der Waals surface area (Å²) in [5.41, 5.74) is 1.25. The highest BCUT2D eigenvalue weighted by molar-refractivity contribution is 9.10. The van der Waals surface area contributed by atoms with Crippen molar-refractivity contribution in [3.63, 3.8) is 0 Å². The smallest absolute Gasteiger partial charge is 0.0409 e. The number of halogens is 2. The van der Waals surface area contributed by atoms with Gasteiger partial charge in [-0.3, -0.25) is 4.90 Å². The first-order valence-corrected chi connectivity index (χ1v) is 7.34. The van der Waals surface area contributed by atoms with E-state index in [2.05, 4.69) is 45.4 Å². The van der Waals surface area contributed by atoms with Crippen LogP contribution in [0.5, 0.6) is 0 Å². The first-order chi connectivity index (χ1) is 8.13. The topological polar surface area (TPSA) is 3.24 Å². The van der Waals surface area contributed by atoms with Gasteiger partial charge in [0.2, 0.25) is 0 Å². The maximum absolute atomic E-state index is 5.97. The molecule has 2 aromatic rings. The van der Waals surface area contributed by atoms with E-state index in [0.29, 0.717) is 0 Å². The Morgan fingerprint density at radius 1 is 1.29 bits per heavy atom. The normalized spacial score (nSPS) is 11.1. The molecule has 4 heteroatoms. The Morgan fingerprint density at radius 3 is 2.76 bits per heavy atom. The zero-order valence-corrected chi connectivity index (χ0v) is 12.6. The Bertz CT molecular complexity index is 498. The third-order valence-electron chi connectivity index (χ3n) is 2.39. The second-order valence-electron chi connectivity index (χ2n) is 4.03. The maximum Gasteiger partial charge on any atom is 0.0409 e. The molecule has 0 fully saturated rings. The van der Waals surface area contributed by atoms with E-state index in [0.717, 1.165) is 22.6 Å². The number of nitrogens with zero attached hydrogens (tertiary/aromatic N) is 1. The standard InChI is InChI=1S/C13H13BrClNS/c1-16(8-13-6-11(14)9-17-13)7-10-3-2-4-12(15)5-10/h2-6,9H,7-8H2,1H3. The van der Waals surface area contributed by atoms with Gasteiger partial charge in [-0.2, -0.15) is 0 Å². The van der Waals surface area contributed by atoms with Gasteiger partial charge in [0.25, 0.3) is 0 Å². The van der Waals surface area contributed by atoms with E-state index in [1.165, 1.54) is 10.4 Å². The average molecular weight is 331 g/mol. The van der Waals surface area contributed by atoms with E-state index in [4.69, 9.17) is 11.6 Å². The predicted molar refractivity (Wildman–Crippen MR) is 78.6 cm³/mol. The molecule has 1 nitrogen and oxygen atoms in total. The van der Waals surface area contributed by atoms with Crippen LogP contribution in [-0.4, -0.2) is 11.9 Å². The lowest BCUT2D eigenvalue weighted by molar-refractivity contribution is 0.322. The molecule has 17 heavy (non-hydrogen) atoms. The van der Waals surface area contributed by atoms with E-state index in [1.54, 1.807) is 11.3 Å². The fourth-order valence-electron chi connectivity index (χ4n) is 1.71. The van der Waals surface area contributed by atoms with Gasteiger partial charge in [-0.1, -0.05) is 23.7 Å². The van der Waals surface area contributed by atoms with Crippen molar-refractivity contribution in [1.82, 2.24) is 4.90 Å². The molecule has 0 amide bonds. The summed E-state index contributed by atoms with van der Waals surface area (Å²) in [6.07, 6.45) is 0. The van der Waals surface area contributed by atoms with Crippen LogP contribution in [0.15, 0.2) is 40.2 Å². The quantitative estimate of drug-likeness (QED) is 0.778. The van der Waals surface area contributed by atoms with E-state index in [9.17, 15) is 0 Å². The van der Waals surface area contributed by atoms with E-state index in [1.807, 2.05) is 18.2 Å². The Morgan fingerprint density at radius 2 is 2.12 bits per heavy atom. The van der Waals surface area contributed by atoms with E-state index >= 15 is 0 Å². The molecule has 0 saturated carbocycles. The van der Waals surface area contributed by atoms with Crippen LogP contribution in [0.4, 0.5) is 0 Å². The predicted octanol–water partition coefficient (Wildman–Crippen LogP) is 4.80. The lowest BCUT2D eigenvalue weighted by Crippen LogP contribution is -2.16. The average Bonchev–Trinajstić information content (AvgIpc) is 2.63. The van der Waals surface area contributed by atoms with Gasteiger partial charge >= 0.3 is 0 Å². The molecule has 2 rings (SSSR count). The van der Waals surface area contributed by atoms with E-state index in [-0.39, 0.29) is 0 Å². The van der Waals surface area contributed by atoms with Crippen LogP contribution in [0.3, 0.4) is 0 Å². The van der Waals surface area contributed by atoms with Gasteiger partial charge in [-0.05, 0) is 46.7 Å². The second kappa shape index (κ2) is 6.01. The summed E-state index contributed by atoms with van der Waals surface area (Å²) in [6, 6.07) is 10.2. The van der Waals surface area contributed by atoms with Crippen molar-refractivity contribution >= 4 is 38.9 Å². The monoisotopic (exact) mass is 329 g/mol. The SMILES string of the molecule is CN(Cc1cccc(Cl)c1)Cc1cc(Br)cs1. The molecule has 0 bridgehead atoms. The first kappa shape index (κ1) is 13.1. The van der Waals surface area contributed by atoms with Crippen molar-refractivity contribution in [3.8, 4) is 0 Å². The highest BCUT2D eigenvalue weighted by Crippen LogP contribution is 2.21. The second-order valence-corrected chi connectivity index (χ2v) is 6.38. The molecule has 0 saturated heterocycles. The minimum atomic E-state index is 0.801. The van der Waals surface area contributed by atoms with Crippen LogP contribution < -0.4 is 0 Å². The van der Waals surface area contributed by atoms with Crippen molar-refractivity contribution in [1.29, 1.82) is 0 Å². The zero-order chi connectivity index (χ0) is 12.3. The summed E-state index contributed by atoms with van der Waals surface area (Å²) in [5.74, 6) is 0. The summed E-state index contributed by atoms with van der Waals surface area (Å²) in [6.45, 7) is 1.87. The molecule has 0 atom stereocenters. The van der Waals surface area contributed by atoms with Gasteiger partial charge in [-0.25, -0.2) is 0 Å². The van der Waals surface area contributed by atoms with Crippen LogP contribution in [0.1, 0.15) is 10.4 Å². The molecule has 0 aliphatic heterocycles. The molecular weight excluding hydrogens is 318 g/mol. The minimum Gasteiger partial charge on any atom is -0.297 e. The van der Waals surface area contributed by atoms with Crippen molar-refractivity contribution in [2.24, 2.45) is 0 Å². The van der Waals surface area contributed by atoms with Gasteiger partial charge < -0.3 is 0 Å². The molecule has 0 N–H and O–H groups in total.